The average Bonchev–Trinajstić information content (AvgIpc) is 3.19. The van der Waals surface area contributed by atoms with Crippen molar-refractivity contribution in [3.63, 3.8) is 0 Å². The maximum atomic E-state index is 5.40. The molecule has 1 aliphatic rings. The number of benzene rings is 1. The van der Waals surface area contributed by atoms with Gasteiger partial charge in [0.25, 0.3) is 0 Å². The molecular weight excluding hydrogens is 481 g/mol. The smallest absolute Gasteiger partial charge is 0.191 e. The van der Waals surface area contributed by atoms with Crippen LogP contribution < -0.4 is 10.6 Å². The zero-order valence-corrected chi connectivity index (χ0v) is 19.8. The van der Waals surface area contributed by atoms with Crippen LogP contribution in [0.3, 0.4) is 0 Å². The molecule has 0 amide bonds. The van der Waals surface area contributed by atoms with E-state index < -0.39 is 0 Å². The van der Waals surface area contributed by atoms with Gasteiger partial charge in [-0.2, -0.15) is 0 Å². The van der Waals surface area contributed by atoms with Crippen molar-refractivity contribution in [1.29, 1.82) is 0 Å². The van der Waals surface area contributed by atoms with Gasteiger partial charge in [-0.05, 0) is 17.0 Å². The SMILES string of the molecule is CN=C(NCc1ccc(CN2CCOCC2)cc1)NCc1cc(C(C)C)no1.I. The second-order valence-electron chi connectivity index (χ2n) is 7.36. The summed E-state index contributed by atoms with van der Waals surface area (Å²) in [6, 6.07) is 10.7. The van der Waals surface area contributed by atoms with Crippen LogP contribution in [0.15, 0.2) is 39.8 Å². The molecule has 2 N–H and O–H groups in total. The molecule has 0 spiro atoms. The third kappa shape index (κ3) is 7.60. The Kier molecular flexibility index (Phi) is 9.89. The number of morpholine rings is 1. The van der Waals surface area contributed by atoms with E-state index in [-0.39, 0.29) is 24.0 Å². The molecule has 1 saturated heterocycles. The summed E-state index contributed by atoms with van der Waals surface area (Å²) in [5.41, 5.74) is 3.52. The largest absolute Gasteiger partial charge is 0.379 e. The minimum atomic E-state index is 0. The Labute approximate surface area is 190 Å². The monoisotopic (exact) mass is 513 g/mol. The van der Waals surface area contributed by atoms with Crippen molar-refractivity contribution >= 4 is 29.9 Å². The van der Waals surface area contributed by atoms with Crippen LogP contribution in [0.4, 0.5) is 0 Å². The van der Waals surface area contributed by atoms with E-state index in [1.165, 1.54) is 11.1 Å². The fraction of sp³-hybridized carbons (Fsp3) is 0.524. The van der Waals surface area contributed by atoms with Crippen LogP contribution in [-0.2, 0) is 24.4 Å². The number of rotatable bonds is 7. The van der Waals surface area contributed by atoms with Crippen molar-refractivity contribution < 1.29 is 9.26 Å². The molecule has 3 rings (SSSR count). The Balaban J connectivity index is 0.00000300. The van der Waals surface area contributed by atoms with Gasteiger partial charge in [0.1, 0.15) is 0 Å². The summed E-state index contributed by atoms with van der Waals surface area (Å²) < 4.78 is 10.8. The molecule has 1 aliphatic heterocycles. The number of nitrogens with zero attached hydrogens (tertiary/aromatic N) is 3. The Bertz CT molecular complexity index is 755. The fourth-order valence-electron chi connectivity index (χ4n) is 3.04. The molecule has 0 saturated carbocycles. The molecule has 0 unspecified atom stereocenters. The van der Waals surface area contributed by atoms with E-state index in [9.17, 15) is 0 Å². The Hall–Kier alpha value is -1.65. The van der Waals surface area contributed by atoms with E-state index in [1.807, 2.05) is 6.07 Å². The molecule has 1 aromatic carbocycles. The molecule has 0 bridgehead atoms. The van der Waals surface area contributed by atoms with E-state index in [4.69, 9.17) is 9.26 Å². The molecule has 2 aromatic rings. The molecule has 1 fully saturated rings. The number of hydrogen-bond donors (Lipinski definition) is 2. The Morgan fingerprint density at radius 3 is 2.38 bits per heavy atom. The van der Waals surface area contributed by atoms with E-state index in [1.54, 1.807) is 7.05 Å². The van der Waals surface area contributed by atoms with Crippen molar-refractivity contribution in [3.05, 3.63) is 52.9 Å². The van der Waals surface area contributed by atoms with Gasteiger partial charge >= 0.3 is 0 Å². The normalized spacial score (nSPS) is 15.2. The van der Waals surface area contributed by atoms with Crippen LogP contribution in [-0.4, -0.2) is 49.4 Å². The summed E-state index contributed by atoms with van der Waals surface area (Å²) in [5, 5.41) is 10.7. The van der Waals surface area contributed by atoms with Crippen LogP contribution >= 0.6 is 24.0 Å². The van der Waals surface area contributed by atoms with Crippen molar-refractivity contribution in [2.45, 2.75) is 39.4 Å². The first-order chi connectivity index (χ1) is 13.6. The van der Waals surface area contributed by atoms with Crippen molar-refractivity contribution in [3.8, 4) is 0 Å². The van der Waals surface area contributed by atoms with Crippen LogP contribution in [0, 0.1) is 0 Å². The molecule has 0 radical (unpaired) electrons. The summed E-state index contributed by atoms with van der Waals surface area (Å²) in [7, 11) is 1.76. The van der Waals surface area contributed by atoms with E-state index >= 15 is 0 Å². The van der Waals surface area contributed by atoms with Crippen molar-refractivity contribution in [1.82, 2.24) is 20.7 Å². The van der Waals surface area contributed by atoms with Crippen LogP contribution in [0.5, 0.6) is 0 Å². The van der Waals surface area contributed by atoms with Gasteiger partial charge in [0.05, 0.1) is 25.5 Å². The van der Waals surface area contributed by atoms with Crippen LogP contribution in [0.25, 0.3) is 0 Å². The number of ether oxygens (including phenoxy) is 1. The maximum absolute atomic E-state index is 5.40. The lowest BCUT2D eigenvalue weighted by molar-refractivity contribution is 0.0342. The Morgan fingerprint density at radius 2 is 1.76 bits per heavy atom. The zero-order valence-electron chi connectivity index (χ0n) is 17.5. The lowest BCUT2D eigenvalue weighted by Gasteiger charge is -2.26. The predicted octanol–water partition coefficient (Wildman–Crippen LogP) is 3.11. The molecule has 2 heterocycles. The zero-order chi connectivity index (χ0) is 19.8. The maximum Gasteiger partial charge on any atom is 0.191 e. The summed E-state index contributed by atoms with van der Waals surface area (Å²) >= 11 is 0. The van der Waals surface area contributed by atoms with Gasteiger partial charge in [0.15, 0.2) is 11.7 Å². The molecule has 1 aromatic heterocycles. The number of hydrogen-bond acceptors (Lipinski definition) is 5. The van der Waals surface area contributed by atoms with Gasteiger partial charge in [-0.1, -0.05) is 43.3 Å². The summed E-state index contributed by atoms with van der Waals surface area (Å²) in [5.74, 6) is 1.90. The highest BCUT2D eigenvalue weighted by atomic mass is 127. The number of guanidine groups is 1. The van der Waals surface area contributed by atoms with Gasteiger partial charge in [-0.15, -0.1) is 24.0 Å². The van der Waals surface area contributed by atoms with E-state index in [2.05, 4.69) is 63.8 Å². The summed E-state index contributed by atoms with van der Waals surface area (Å²) in [4.78, 5) is 6.70. The highest BCUT2D eigenvalue weighted by Gasteiger charge is 2.11. The quantitative estimate of drug-likeness (QED) is 0.337. The van der Waals surface area contributed by atoms with Gasteiger partial charge < -0.3 is 19.9 Å². The van der Waals surface area contributed by atoms with E-state index in [0.29, 0.717) is 19.0 Å². The molecule has 0 atom stereocenters. The number of halogens is 1. The van der Waals surface area contributed by atoms with Gasteiger partial charge in [-0.3, -0.25) is 9.89 Å². The molecule has 160 valence electrons. The highest BCUT2D eigenvalue weighted by Crippen LogP contribution is 2.13. The third-order valence-corrected chi connectivity index (χ3v) is 4.82. The van der Waals surface area contributed by atoms with Gasteiger partial charge in [0, 0.05) is 39.3 Å². The summed E-state index contributed by atoms with van der Waals surface area (Å²) in [6.07, 6.45) is 0. The molecule has 8 heteroatoms. The number of aliphatic imine (C=N–C) groups is 1. The molecule has 29 heavy (non-hydrogen) atoms. The fourth-order valence-corrected chi connectivity index (χ4v) is 3.04. The first kappa shape index (κ1) is 23.6. The minimum Gasteiger partial charge on any atom is -0.379 e. The lowest BCUT2D eigenvalue weighted by atomic mass is 10.1. The van der Waals surface area contributed by atoms with Crippen LogP contribution in [0.1, 0.15) is 42.3 Å². The van der Waals surface area contributed by atoms with E-state index in [0.717, 1.165) is 50.3 Å². The summed E-state index contributed by atoms with van der Waals surface area (Å²) in [6.45, 7) is 10.1. The Morgan fingerprint density at radius 1 is 1.10 bits per heavy atom. The standard InChI is InChI=1S/C21H31N5O2.HI/c1-16(2)20-12-19(28-25-20)14-24-21(22-3)23-13-17-4-6-18(7-5-17)15-26-8-10-27-11-9-26;/h4-7,12,16H,8-11,13-15H2,1-3H3,(H2,22,23,24);1H. The van der Waals surface area contributed by atoms with Gasteiger partial charge in [-0.25, -0.2) is 0 Å². The second-order valence-corrected chi connectivity index (χ2v) is 7.36. The number of aromatic nitrogens is 1. The first-order valence-electron chi connectivity index (χ1n) is 9.92. The second kappa shape index (κ2) is 12.1. The molecular formula is C21H32IN5O2. The first-order valence-corrected chi connectivity index (χ1v) is 9.92. The predicted molar refractivity (Wildman–Crippen MR) is 126 cm³/mol. The lowest BCUT2D eigenvalue weighted by Crippen LogP contribution is -2.36. The molecule has 7 nitrogen and oxygen atoms in total. The van der Waals surface area contributed by atoms with Crippen molar-refractivity contribution in [2.24, 2.45) is 4.99 Å². The third-order valence-electron chi connectivity index (χ3n) is 4.82. The highest BCUT2D eigenvalue weighted by molar-refractivity contribution is 14.0. The van der Waals surface area contributed by atoms with Crippen molar-refractivity contribution in [2.75, 3.05) is 33.4 Å². The average molecular weight is 513 g/mol. The molecule has 0 aliphatic carbocycles. The minimum absolute atomic E-state index is 0. The van der Waals surface area contributed by atoms with Gasteiger partial charge in [0.2, 0.25) is 0 Å². The van der Waals surface area contributed by atoms with Crippen LogP contribution in [0.2, 0.25) is 0 Å². The number of nitrogens with one attached hydrogen (secondary N) is 2. The topological polar surface area (TPSA) is 74.9 Å².